The molecule has 0 aromatic carbocycles. The van der Waals surface area contributed by atoms with Gasteiger partial charge in [0.2, 0.25) is 0 Å². The van der Waals surface area contributed by atoms with E-state index in [2.05, 4.69) is 0 Å². The van der Waals surface area contributed by atoms with Crippen LogP contribution in [0.3, 0.4) is 0 Å². The summed E-state index contributed by atoms with van der Waals surface area (Å²) in [6, 6.07) is 0. The highest BCUT2D eigenvalue weighted by Crippen LogP contribution is 1.70. The quantitative estimate of drug-likeness (QED) is 0.380. The molecular formula is C6H10O6. The Hall–Kier alpha value is -1.43. The summed E-state index contributed by atoms with van der Waals surface area (Å²) in [5.74, 6) is -2.04. The van der Waals surface area contributed by atoms with Gasteiger partial charge in [-0.05, 0) is 0 Å². The molecule has 6 heteroatoms. The van der Waals surface area contributed by atoms with Gasteiger partial charge in [0.15, 0.2) is 0 Å². The Morgan fingerprint density at radius 2 is 1.67 bits per heavy atom. The molecule has 3 N–H and O–H groups in total. The molecule has 0 aliphatic heterocycles. The summed E-state index contributed by atoms with van der Waals surface area (Å²) in [5, 5.41) is 23.3. The van der Waals surface area contributed by atoms with Crippen molar-refractivity contribution in [2.24, 2.45) is 0 Å². The maximum Gasteiger partial charge on any atom is 0.310 e. The van der Waals surface area contributed by atoms with Crippen molar-refractivity contribution >= 4 is 18.2 Å². The predicted molar refractivity (Wildman–Crippen MR) is 37.7 cm³/mol. The van der Waals surface area contributed by atoms with Gasteiger partial charge in [0.1, 0.15) is 12.7 Å². The van der Waals surface area contributed by atoms with E-state index in [4.69, 9.17) is 15.3 Å². The van der Waals surface area contributed by atoms with Gasteiger partial charge in [0.05, 0.1) is 13.0 Å². The van der Waals surface area contributed by atoms with E-state index in [9.17, 15) is 14.4 Å². The summed E-state index contributed by atoms with van der Waals surface area (Å²) in [6.07, 6.45) is -0.192. The van der Waals surface area contributed by atoms with Gasteiger partial charge >= 0.3 is 11.9 Å². The minimum absolute atomic E-state index is 0.153. The number of hydrogen-bond donors (Lipinski definition) is 3. The largest absolute Gasteiger partial charge is 0.481 e. The fourth-order valence-corrected chi connectivity index (χ4v) is 0.167. The SMILES string of the molecule is O=C(O)CCO.O=CCC(=O)O. The zero-order chi connectivity index (χ0) is 9.98. The lowest BCUT2D eigenvalue weighted by Crippen LogP contribution is -1.96. The van der Waals surface area contributed by atoms with Gasteiger partial charge in [0, 0.05) is 0 Å². The molecule has 0 radical (unpaired) electrons. The van der Waals surface area contributed by atoms with Crippen molar-refractivity contribution in [1.29, 1.82) is 0 Å². The van der Waals surface area contributed by atoms with E-state index in [1.54, 1.807) is 0 Å². The molecule has 6 nitrogen and oxygen atoms in total. The van der Waals surface area contributed by atoms with Crippen LogP contribution in [0.25, 0.3) is 0 Å². The second-order valence-electron chi connectivity index (χ2n) is 1.63. The van der Waals surface area contributed by atoms with Crippen LogP contribution in [0.4, 0.5) is 0 Å². The molecule has 0 rings (SSSR count). The first-order valence-electron chi connectivity index (χ1n) is 3.02. The Morgan fingerprint density at radius 3 is 1.67 bits per heavy atom. The van der Waals surface area contributed by atoms with E-state index in [0.717, 1.165) is 0 Å². The van der Waals surface area contributed by atoms with Gasteiger partial charge in [-0.25, -0.2) is 0 Å². The molecule has 0 aromatic rings. The highest BCUT2D eigenvalue weighted by atomic mass is 16.4. The Kier molecular flexibility index (Phi) is 10.5. The first-order valence-corrected chi connectivity index (χ1v) is 3.02. The number of aliphatic hydroxyl groups is 1. The van der Waals surface area contributed by atoms with Crippen LogP contribution in [0.15, 0.2) is 0 Å². The van der Waals surface area contributed by atoms with Gasteiger partial charge in [-0.2, -0.15) is 0 Å². The third-order valence-corrected chi connectivity index (χ3v) is 0.584. The third kappa shape index (κ3) is 23.5. The van der Waals surface area contributed by atoms with E-state index >= 15 is 0 Å². The number of carboxylic acids is 2. The average molecular weight is 178 g/mol. The van der Waals surface area contributed by atoms with Crippen molar-refractivity contribution in [3.63, 3.8) is 0 Å². The number of carbonyl (C=O) groups excluding carboxylic acids is 1. The van der Waals surface area contributed by atoms with Gasteiger partial charge in [-0.15, -0.1) is 0 Å². The Morgan fingerprint density at radius 1 is 1.17 bits per heavy atom. The molecular weight excluding hydrogens is 168 g/mol. The summed E-state index contributed by atoms with van der Waals surface area (Å²) in [5.41, 5.74) is 0. The standard InChI is InChI=1S/C3H6O3.C3H4O3/c2*4-2-1-3(5)6/h4H,1-2H2,(H,5,6);2H,1H2,(H,5,6). The van der Waals surface area contributed by atoms with Crippen molar-refractivity contribution in [1.82, 2.24) is 0 Å². The molecule has 0 bridgehead atoms. The number of aliphatic carboxylic acids is 2. The summed E-state index contributed by atoms with van der Waals surface area (Å²) in [6.45, 7) is -0.269. The predicted octanol–water partition coefficient (Wildman–Crippen LogP) is -0.887. The second kappa shape index (κ2) is 9.57. The lowest BCUT2D eigenvalue weighted by atomic mass is 10.5. The van der Waals surface area contributed by atoms with Gasteiger partial charge in [0.25, 0.3) is 0 Å². The Labute approximate surface area is 68.4 Å². The highest BCUT2D eigenvalue weighted by Gasteiger charge is 1.88. The minimum atomic E-state index is -1.08. The summed E-state index contributed by atoms with van der Waals surface area (Å²) in [4.78, 5) is 28.0. The van der Waals surface area contributed by atoms with E-state index in [1.807, 2.05) is 0 Å². The topological polar surface area (TPSA) is 112 Å². The molecule has 0 fully saturated rings. The molecule has 0 aliphatic carbocycles. The van der Waals surface area contributed by atoms with Crippen LogP contribution in [0.1, 0.15) is 12.8 Å². The first-order chi connectivity index (χ1) is 5.54. The van der Waals surface area contributed by atoms with Crippen molar-refractivity contribution in [2.75, 3.05) is 6.61 Å². The maximum absolute atomic E-state index is 9.44. The molecule has 0 aromatic heterocycles. The minimum Gasteiger partial charge on any atom is -0.481 e. The lowest BCUT2D eigenvalue weighted by Gasteiger charge is -1.79. The second-order valence-corrected chi connectivity index (χ2v) is 1.63. The molecule has 0 atom stereocenters. The van der Waals surface area contributed by atoms with Crippen molar-refractivity contribution in [3.8, 4) is 0 Å². The number of hydrogen-bond acceptors (Lipinski definition) is 4. The van der Waals surface area contributed by atoms with E-state index < -0.39 is 11.9 Å². The van der Waals surface area contributed by atoms with E-state index in [-0.39, 0.29) is 19.4 Å². The van der Waals surface area contributed by atoms with Crippen LogP contribution in [-0.2, 0) is 14.4 Å². The zero-order valence-corrected chi connectivity index (χ0v) is 6.27. The molecule has 70 valence electrons. The van der Waals surface area contributed by atoms with Crippen molar-refractivity contribution in [2.45, 2.75) is 12.8 Å². The van der Waals surface area contributed by atoms with Crippen LogP contribution in [-0.4, -0.2) is 40.2 Å². The number of carboxylic acid groups (broad SMARTS) is 2. The Bertz CT molecular complexity index is 152. The smallest absolute Gasteiger partial charge is 0.310 e. The average Bonchev–Trinajstić information content (AvgIpc) is 1.87. The molecule has 0 saturated heterocycles. The fourth-order valence-electron chi connectivity index (χ4n) is 0.167. The zero-order valence-electron chi connectivity index (χ0n) is 6.27. The van der Waals surface area contributed by atoms with Crippen LogP contribution < -0.4 is 0 Å². The molecule has 0 heterocycles. The molecule has 0 saturated carbocycles. The third-order valence-electron chi connectivity index (χ3n) is 0.584. The molecule has 12 heavy (non-hydrogen) atoms. The normalized spacial score (nSPS) is 7.75. The van der Waals surface area contributed by atoms with Gasteiger partial charge in [-0.3, -0.25) is 9.59 Å². The first kappa shape index (κ1) is 13.2. The van der Waals surface area contributed by atoms with E-state index in [1.165, 1.54) is 0 Å². The number of carbonyl (C=O) groups is 3. The fraction of sp³-hybridized carbons (Fsp3) is 0.500. The van der Waals surface area contributed by atoms with Crippen LogP contribution in [0.5, 0.6) is 0 Å². The van der Waals surface area contributed by atoms with E-state index in [0.29, 0.717) is 6.29 Å². The molecule has 0 amide bonds. The number of aliphatic hydroxyl groups excluding tert-OH is 1. The van der Waals surface area contributed by atoms with Crippen LogP contribution >= 0.6 is 0 Å². The molecule has 0 spiro atoms. The van der Waals surface area contributed by atoms with Gasteiger partial charge in [-0.1, -0.05) is 0 Å². The lowest BCUT2D eigenvalue weighted by molar-refractivity contribution is -0.139. The monoisotopic (exact) mass is 178 g/mol. The summed E-state index contributed by atoms with van der Waals surface area (Å²) >= 11 is 0. The molecule has 0 aliphatic rings. The van der Waals surface area contributed by atoms with Crippen LogP contribution in [0.2, 0.25) is 0 Å². The Balaban J connectivity index is 0. The maximum atomic E-state index is 9.44. The summed E-state index contributed by atoms with van der Waals surface area (Å²) < 4.78 is 0. The number of aldehydes is 1. The van der Waals surface area contributed by atoms with Crippen molar-refractivity contribution < 1.29 is 29.7 Å². The number of rotatable bonds is 4. The van der Waals surface area contributed by atoms with Crippen molar-refractivity contribution in [3.05, 3.63) is 0 Å². The molecule has 0 unspecified atom stereocenters. The van der Waals surface area contributed by atoms with Crippen LogP contribution in [0, 0.1) is 0 Å². The summed E-state index contributed by atoms with van der Waals surface area (Å²) in [7, 11) is 0. The van der Waals surface area contributed by atoms with Gasteiger partial charge < -0.3 is 20.1 Å². The highest BCUT2D eigenvalue weighted by molar-refractivity contribution is 5.82.